The van der Waals surface area contributed by atoms with Gasteiger partial charge in [0, 0.05) is 45.8 Å². The summed E-state index contributed by atoms with van der Waals surface area (Å²) in [6, 6.07) is 29.5. The van der Waals surface area contributed by atoms with Gasteiger partial charge in [-0.25, -0.2) is 4.98 Å². The number of aromatic amines is 1. The number of amides is 1. The maximum absolute atomic E-state index is 13.6. The lowest BCUT2D eigenvalue weighted by Crippen LogP contribution is -2.43. The maximum atomic E-state index is 13.6. The molecule has 4 aromatic carbocycles. The molecule has 0 spiro atoms. The van der Waals surface area contributed by atoms with E-state index in [4.69, 9.17) is 16.6 Å². The van der Waals surface area contributed by atoms with Crippen LogP contribution in [0.3, 0.4) is 0 Å². The molecule has 1 atom stereocenters. The molecule has 8 heteroatoms. The summed E-state index contributed by atoms with van der Waals surface area (Å²) in [7, 11) is 0. The van der Waals surface area contributed by atoms with Crippen LogP contribution in [-0.4, -0.2) is 29.0 Å². The Morgan fingerprint density at radius 1 is 1.00 bits per heavy atom. The summed E-state index contributed by atoms with van der Waals surface area (Å²) < 4.78 is 1.16. The molecule has 43 heavy (non-hydrogen) atoms. The first-order valence-corrected chi connectivity index (χ1v) is 15.6. The molecular formula is C35H29ClN4O2S. The third-order valence-corrected chi connectivity index (χ3v) is 9.37. The van der Waals surface area contributed by atoms with Crippen molar-refractivity contribution in [3.05, 3.63) is 112 Å². The average Bonchev–Trinajstić information content (AvgIpc) is 3.45. The molecule has 0 unspecified atom stereocenters. The predicted octanol–water partition coefficient (Wildman–Crippen LogP) is 8.29. The molecule has 0 aliphatic carbocycles. The minimum atomic E-state index is -0.265. The van der Waals surface area contributed by atoms with Crippen molar-refractivity contribution in [1.82, 2.24) is 9.97 Å². The van der Waals surface area contributed by atoms with Crippen LogP contribution in [0.2, 0.25) is 5.02 Å². The standard InChI is InChI=1S/C35H29ClN4O2S/c1-21-9-15-29-30(18-21)43-35(39-29)23-10-13-26(14-11-23)37-33(41)24-8-5-17-40(20-24)32-31(22-6-3-2-4-7-22)27-19-25(36)12-16-28(27)38-34(32)42/h2-4,6-7,9-16,18-19,24H,5,8,17,20H2,1H3,(H,37,41)(H,38,42)/t24-/m1/s1. The van der Waals surface area contributed by atoms with Crippen LogP contribution >= 0.6 is 22.9 Å². The number of carbonyl (C=O) groups is 1. The Balaban J connectivity index is 1.14. The number of benzene rings is 4. The molecule has 3 heterocycles. The molecule has 6 nitrogen and oxygen atoms in total. The number of aromatic nitrogens is 2. The van der Waals surface area contributed by atoms with E-state index in [1.165, 1.54) is 5.56 Å². The van der Waals surface area contributed by atoms with E-state index >= 15 is 0 Å². The largest absolute Gasteiger partial charge is 0.366 e. The van der Waals surface area contributed by atoms with Gasteiger partial charge in [-0.05, 0) is 85.5 Å². The smallest absolute Gasteiger partial charge is 0.272 e. The van der Waals surface area contributed by atoms with E-state index in [2.05, 4.69) is 40.3 Å². The van der Waals surface area contributed by atoms with Gasteiger partial charge in [0.25, 0.3) is 5.56 Å². The fourth-order valence-corrected chi connectivity index (χ4v) is 7.19. The van der Waals surface area contributed by atoms with Gasteiger partial charge in [0.2, 0.25) is 5.91 Å². The van der Waals surface area contributed by atoms with Gasteiger partial charge >= 0.3 is 0 Å². The summed E-state index contributed by atoms with van der Waals surface area (Å²) in [5.41, 5.74) is 6.88. The van der Waals surface area contributed by atoms with Crippen LogP contribution in [0.5, 0.6) is 0 Å². The van der Waals surface area contributed by atoms with E-state index < -0.39 is 0 Å². The Bertz CT molecular complexity index is 2040. The Morgan fingerprint density at radius 2 is 1.81 bits per heavy atom. The van der Waals surface area contributed by atoms with E-state index in [9.17, 15) is 9.59 Å². The minimum Gasteiger partial charge on any atom is -0.366 e. The molecule has 1 aliphatic heterocycles. The highest BCUT2D eigenvalue weighted by molar-refractivity contribution is 7.21. The average molecular weight is 605 g/mol. The Morgan fingerprint density at radius 3 is 2.63 bits per heavy atom. The van der Waals surface area contributed by atoms with Gasteiger partial charge in [-0.3, -0.25) is 9.59 Å². The zero-order valence-electron chi connectivity index (χ0n) is 23.6. The van der Waals surface area contributed by atoms with Crippen LogP contribution in [0.4, 0.5) is 11.4 Å². The molecule has 1 aliphatic rings. The zero-order chi connectivity index (χ0) is 29.5. The van der Waals surface area contributed by atoms with E-state index in [-0.39, 0.29) is 17.4 Å². The topological polar surface area (TPSA) is 78.1 Å². The molecule has 6 aromatic rings. The first-order chi connectivity index (χ1) is 20.9. The summed E-state index contributed by atoms with van der Waals surface area (Å²) >= 11 is 8.07. The Kier molecular flexibility index (Phi) is 7.21. The highest BCUT2D eigenvalue weighted by Crippen LogP contribution is 2.37. The lowest BCUT2D eigenvalue weighted by molar-refractivity contribution is -0.120. The van der Waals surface area contributed by atoms with E-state index in [0.717, 1.165) is 61.3 Å². The van der Waals surface area contributed by atoms with Gasteiger partial charge < -0.3 is 15.2 Å². The number of halogens is 1. The van der Waals surface area contributed by atoms with E-state index in [0.29, 0.717) is 23.8 Å². The third-order valence-electron chi connectivity index (χ3n) is 8.07. The lowest BCUT2D eigenvalue weighted by Gasteiger charge is -2.34. The predicted molar refractivity (Wildman–Crippen MR) is 178 cm³/mol. The number of anilines is 2. The number of nitrogens with one attached hydrogen (secondary N) is 2. The number of carbonyl (C=O) groups excluding carboxylic acids is 1. The van der Waals surface area contributed by atoms with Crippen LogP contribution in [0.15, 0.2) is 95.8 Å². The van der Waals surface area contributed by atoms with Gasteiger partial charge in [0.05, 0.1) is 16.1 Å². The van der Waals surface area contributed by atoms with Crippen molar-refractivity contribution in [2.24, 2.45) is 5.92 Å². The molecule has 0 radical (unpaired) electrons. The summed E-state index contributed by atoms with van der Waals surface area (Å²) in [5, 5.41) is 5.54. The first kappa shape index (κ1) is 27.4. The fraction of sp³-hybridized carbons (Fsp3) is 0.171. The molecule has 214 valence electrons. The fourth-order valence-electron chi connectivity index (χ4n) is 5.94. The molecule has 2 aromatic heterocycles. The van der Waals surface area contributed by atoms with Crippen molar-refractivity contribution in [3.8, 4) is 21.7 Å². The van der Waals surface area contributed by atoms with Crippen LogP contribution in [0.1, 0.15) is 18.4 Å². The van der Waals surface area contributed by atoms with Crippen LogP contribution in [-0.2, 0) is 4.79 Å². The normalized spacial score (nSPS) is 15.2. The molecule has 1 saturated heterocycles. The number of pyridine rings is 1. The van der Waals surface area contributed by atoms with Gasteiger partial charge in [-0.2, -0.15) is 0 Å². The Hall–Kier alpha value is -4.46. The van der Waals surface area contributed by atoms with Gasteiger partial charge in [0.1, 0.15) is 10.7 Å². The second kappa shape index (κ2) is 11.3. The number of hydrogen-bond donors (Lipinski definition) is 2. The second-order valence-corrected chi connectivity index (χ2v) is 12.5. The number of rotatable bonds is 5. The van der Waals surface area contributed by atoms with Crippen molar-refractivity contribution in [3.63, 3.8) is 0 Å². The van der Waals surface area contributed by atoms with Gasteiger partial charge in [-0.1, -0.05) is 48.0 Å². The highest BCUT2D eigenvalue weighted by Gasteiger charge is 2.29. The van der Waals surface area contributed by atoms with Crippen molar-refractivity contribution >= 4 is 61.3 Å². The first-order valence-electron chi connectivity index (χ1n) is 14.4. The summed E-state index contributed by atoms with van der Waals surface area (Å²) in [6.45, 7) is 3.22. The number of fused-ring (bicyclic) bond motifs is 2. The van der Waals surface area contributed by atoms with Crippen LogP contribution in [0.25, 0.3) is 42.8 Å². The van der Waals surface area contributed by atoms with E-state index in [1.807, 2.05) is 66.7 Å². The molecule has 2 N–H and O–H groups in total. The van der Waals surface area contributed by atoms with E-state index in [1.54, 1.807) is 17.4 Å². The Labute approximate surface area is 258 Å². The second-order valence-electron chi connectivity index (χ2n) is 11.1. The SMILES string of the molecule is Cc1ccc2nc(-c3ccc(NC(=O)[C@@H]4CCCN(c5c(-c6ccccc6)c6cc(Cl)ccc6[nH]c5=O)C4)cc3)sc2c1. The molecule has 1 fully saturated rings. The van der Waals surface area contributed by atoms with Gasteiger partial charge in [-0.15, -0.1) is 11.3 Å². The zero-order valence-corrected chi connectivity index (χ0v) is 25.1. The van der Waals surface area contributed by atoms with Crippen molar-refractivity contribution in [2.75, 3.05) is 23.3 Å². The molecule has 0 bridgehead atoms. The van der Waals surface area contributed by atoms with Crippen molar-refractivity contribution in [2.45, 2.75) is 19.8 Å². The summed E-state index contributed by atoms with van der Waals surface area (Å²) in [6.07, 6.45) is 1.55. The molecule has 1 amide bonds. The number of aryl methyl sites for hydroxylation is 1. The maximum Gasteiger partial charge on any atom is 0.272 e. The van der Waals surface area contributed by atoms with Crippen molar-refractivity contribution < 1.29 is 4.79 Å². The molecule has 7 rings (SSSR count). The minimum absolute atomic E-state index is 0.0468. The number of thiazole rings is 1. The van der Waals surface area contributed by atoms with Crippen LogP contribution < -0.4 is 15.8 Å². The van der Waals surface area contributed by atoms with Crippen LogP contribution in [0, 0.1) is 12.8 Å². The monoisotopic (exact) mass is 604 g/mol. The summed E-state index contributed by atoms with van der Waals surface area (Å²) in [5.74, 6) is -0.312. The number of piperidine rings is 1. The highest BCUT2D eigenvalue weighted by atomic mass is 35.5. The quantitative estimate of drug-likeness (QED) is 0.207. The molecule has 0 saturated carbocycles. The summed E-state index contributed by atoms with van der Waals surface area (Å²) in [4.78, 5) is 36.9. The third kappa shape index (κ3) is 5.42. The number of hydrogen-bond acceptors (Lipinski definition) is 5. The lowest BCUT2D eigenvalue weighted by atomic mass is 9.93. The van der Waals surface area contributed by atoms with Crippen molar-refractivity contribution in [1.29, 1.82) is 0 Å². The van der Waals surface area contributed by atoms with Gasteiger partial charge in [0.15, 0.2) is 0 Å². The molecular weight excluding hydrogens is 576 g/mol. The number of H-pyrrole nitrogens is 1. The number of nitrogens with zero attached hydrogens (tertiary/aromatic N) is 2.